The molecule has 1 heterocycles. The maximum absolute atomic E-state index is 12.7. The van der Waals surface area contributed by atoms with Crippen molar-refractivity contribution in [2.75, 3.05) is 0 Å². The van der Waals surface area contributed by atoms with Gasteiger partial charge in [0.25, 0.3) is 0 Å². The fourth-order valence-electron chi connectivity index (χ4n) is 2.03. The number of hydrogen-bond donors (Lipinski definition) is 3. The second-order valence-corrected chi connectivity index (χ2v) is 9.00. The predicted octanol–water partition coefficient (Wildman–Crippen LogP) is 2.51. The Kier molecular flexibility index (Phi) is 5.27. The van der Waals surface area contributed by atoms with Crippen LogP contribution in [0.25, 0.3) is 10.8 Å². The third-order valence-corrected chi connectivity index (χ3v) is 5.81. The number of nitrogens with two attached hydrogens (primary N) is 2. The van der Waals surface area contributed by atoms with Crippen LogP contribution in [-0.2, 0) is 10.0 Å². The van der Waals surface area contributed by atoms with E-state index in [0.29, 0.717) is 15.8 Å². The van der Waals surface area contributed by atoms with Crippen molar-refractivity contribution in [2.24, 2.45) is 21.9 Å². The minimum atomic E-state index is -3.72. The highest BCUT2D eigenvalue weighted by Gasteiger charge is 2.26. The summed E-state index contributed by atoms with van der Waals surface area (Å²) in [6.45, 7) is 7.70. The van der Waals surface area contributed by atoms with Gasteiger partial charge in [0.05, 0.1) is 9.92 Å². The van der Waals surface area contributed by atoms with E-state index >= 15 is 0 Å². The summed E-state index contributed by atoms with van der Waals surface area (Å²) in [5.74, 6) is 0.0317. The van der Waals surface area contributed by atoms with Crippen LogP contribution in [0, 0.1) is 5.41 Å². The number of aromatic nitrogens is 1. The molecule has 0 spiro atoms. The number of fused-ring (bicyclic) bond motifs is 1. The lowest BCUT2D eigenvalue weighted by atomic mass is 9.89. The van der Waals surface area contributed by atoms with Gasteiger partial charge in [0.15, 0.2) is 11.8 Å². The first kappa shape index (κ1) is 19.4. The number of benzene rings is 1. The van der Waals surface area contributed by atoms with Gasteiger partial charge in [-0.2, -0.15) is 4.99 Å². The van der Waals surface area contributed by atoms with Gasteiger partial charge in [0, 0.05) is 23.0 Å². The highest BCUT2D eigenvalue weighted by Crippen LogP contribution is 2.31. The van der Waals surface area contributed by atoms with E-state index in [4.69, 9.17) is 23.1 Å². The Morgan fingerprint density at radius 1 is 1.28 bits per heavy atom. The van der Waals surface area contributed by atoms with Crippen molar-refractivity contribution in [1.82, 2.24) is 9.71 Å². The van der Waals surface area contributed by atoms with Crippen LogP contribution in [0.2, 0.25) is 5.02 Å². The number of rotatable bonds is 4. The van der Waals surface area contributed by atoms with Crippen LogP contribution < -0.4 is 16.2 Å². The summed E-state index contributed by atoms with van der Waals surface area (Å²) < 4.78 is 28.1. The van der Waals surface area contributed by atoms with Crippen LogP contribution in [0.3, 0.4) is 0 Å². The molecule has 0 saturated carbocycles. The zero-order chi connectivity index (χ0) is 19.0. The van der Waals surface area contributed by atoms with Gasteiger partial charge in [0.2, 0.25) is 10.0 Å². The Hall–Kier alpha value is -1.90. The quantitative estimate of drug-likeness (QED) is 0.552. The molecule has 0 aliphatic rings. The molecule has 0 amide bonds. The molecule has 0 saturated heterocycles. The van der Waals surface area contributed by atoms with Crippen molar-refractivity contribution < 1.29 is 8.42 Å². The number of sulfonamides is 1. The lowest BCUT2D eigenvalue weighted by Gasteiger charge is -2.27. The first-order chi connectivity index (χ1) is 11.4. The van der Waals surface area contributed by atoms with Crippen LogP contribution in [0.5, 0.6) is 0 Å². The molecule has 1 aromatic carbocycles. The van der Waals surface area contributed by atoms with Gasteiger partial charge in [-0.05, 0) is 24.5 Å². The summed E-state index contributed by atoms with van der Waals surface area (Å²) in [7, 11) is -3.72. The van der Waals surface area contributed by atoms with Gasteiger partial charge in [-0.3, -0.25) is 0 Å². The van der Waals surface area contributed by atoms with Crippen LogP contribution in [0.1, 0.15) is 27.7 Å². The third-order valence-electron chi connectivity index (χ3n) is 3.97. The first-order valence-corrected chi connectivity index (χ1v) is 9.48. The molecule has 7 nitrogen and oxygen atoms in total. The van der Waals surface area contributed by atoms with E-state index in [9.17, 15) is 8.42 Å². The van der Waals surface area contributed by atoms with Gasteiger partial charge >= 0.3 is 0 Å². The normalized spacial score (nSPS) is 13.6. The van der Waals surface area contributed by atoms with Crippen molar-refractivity contribution in [3.63, 3.8) is 0 Å². The number of pyridine rings is 1. The first-order valence-electron chi connectivity index (χ1n) is 7.62. The lowest BCUT2D eigenvalue weighted by Crippen LogP contribution is -2.41. The molecule has 5 N–H and O–H groups in total. The zero-order valence-electron chi connectivity index (χ0n) is 14.5. The summed E-state index contributed by atoms with van der Waals surface area (Å²) >= 11 is 6.14. The van der Waals surface area contributed by atoms with Crippen LogP contribution in [0.4, 0.5) is 5.82 Å². The molecule has 136 valence electrons. The molecule has 0 aliphatic carbocycles. The van der Waals surface area contributed by atoms with Crippen LogP contribution in [-0.4, -0.2) is 25.4 Å². The van der Waals surface area contributed by atoms with Crippen molar-refractivity contribution >= 4 is 44.2 Å². The van der Waals surface area contributed by atoms with E-state index < -0.39 is 10.0 Å². The summed E-state index contributed by atoms with van der Waals surface area (Å²) in [6, 6.07) is 4.31. The minimum Gasteiger partial charge on any atom is -0.370 e. The Labute approximate surface area is 152 Å². The standard InChI is InChI=1S/C16H22ClN5O2S/c1-9(16(2,3)4)22-25(23,24)10-5-6-11-12(7-10)14(21-15(18)19)20-8-13(11)17/h5-9,22H,1-4H3,(H4,18,19,20,21)/t9-/m0/s1. The molecule has 2 rings (SSSR count). The molecule has 0 unspecified atom stereocenters. The highest BCUT2D eigenvalue weighted by molar-refractivity contribution is 7.89. The Balaban J connectivity index is 2.59. The Bertz CT molecular complexity index is 931. The second-order valence-electron chi connectivity index (χ2n) is 6.88. The molecular formula is C16H22ClN5O2S. The molecule has 1 atom stereocenters. The largest absolute Gasteiger partial charge is 0.370 e. The van der Waals surface area contributed by atoms with E-state index in [-0.39, 0.29) is 28.1 Å². The van der Waals surface area contributed by atoms with Gasteiger partial charge < -0.3 is 11.5 Å². The number of hydrogen-bond acceptors (Lipinski definition) is 4. The molecule has 0 fully saturated rings. The molecule has 1 aromatic heterocycles. The zero-order valence-corrected chi connectivity index (χ0v) is 16.1. The summed E-state index contributed by atoms with van der Waals surface area (Å²) in [5, 5.41) is 1.44. The number of guanidine groups is 1. The van der Waals surface area contributed by atoms with E-state index in [0.717, 1.165) is 0 Å². The smallest absolute Gasteiger partial charge is 0.240 e. The maximum Gasteiger partial charge on any atom is 0.240 e. The van der Waals surface area contributed by atoms with E-state index in [2.05, 4.69) is 14.7 Å². The highest BCUT2D eigenvalue weighted by atomic mass is 35.5. The third kappa shape index (κ3) is 4.39. The Morgan fingerprint density at radius 3 is 2.48 bits per heavy atom. The van der Waals surface area contributed by atoms with Gasteiger partial charge in [0.1, 0.15) is 0 Å². The molecule has 9 heteroatoms. The maximum atomic E-state index is 12.7. The molecular weight excluding hydrogens is 362 g/mol. The van der Waals surface area contributed by atoms with Crippen LogP contribution in [0.15, 0.2) is 34.3 Å². The monoisotopic (exact) mass is 383 g/mol. The number of nitrogens with one attached hydrogen (secondary N) is 1. The van der Waals surface area contributed by atoms with Crippen molar-refractivity contribution in [3.8, 4) is 0 Å². The van der Waals surface area contributed by atoms with E-state index in [1.807, 2.05) is 27.7 Å². The average Bonchev–Trinajstić information content (AvgIpc) is 2.48. The SMILES string of the molecule is C[C@H](NS(=O)(=O)c1ccc2c(Cl)cnc(N=C(N)N)c2c1)C(C)(C)C. The molecule has 2 aromatic rings. The summed E-state index contributed by atoms with van der Waals surface area (Å²) in [6.07, 6.45) is 1.42. The molecule has 25 heavy (non-hydrogen) atoms. The molecule has 0 aliphatic heterocycles. The summed E-state index contributed by atoms with van der Waals surface area (Å²) in [4.78, 5) is 8.10. The number of halogens is 1. The fraction of sp³-hybridized carbons (Fsp3) is 0.375. The van der Waals surface area contributed by atoms with Crippen molar-refractivity contribution in [2.45, 2.75) is 38.6 Å². The van der Waals surface area contributed by atoms with Crippen molar-refractivity contribution in [1.29, 1.82) is 0 Å². The molecule has 0 bridgehead atoms. The molecule has 0 radical (unpaired) electrons. The minimum absolute atomic E-state index is 0.0900. The lowest BCUT2D eigenvalue weighted by molar-refractivity contribution is 0.317. The Morgan fingerprint density at radius 2 is 1.92 bits per heavy atom. The van der Waals surface area contributed by atoms with E-state index in [1.54, 1.807) is 6.07 Å². The van der Waals surface area contributed by atoms with Gasteiger partial charge in [-0.25, -0.2) is 18.1 Å². The second kappa shape index (κ2) is 6.78. The predicted molar refractivity (Wildman–Crippen MR) is 101 cm³/mol. The number of nitrogens with zero attached hydrogens (tertiary/aromatic N) is 2. The fourth-order valence-corrected chi connectivity index (χ4v) is 3.72. The summed E-state index contributed by atoms with van der Waals surface area (Å²) in [5.41, 5.74) is 10.6. The topological polar surface area (TPSA) is 123 Å². The van der Waals surface area contributed by atoms with E-state index in [1.165, 1.54) is 18.3 Å². The number of aliphatic imine (C=N–C) groups is 1. The van der Waals surface area contributed by atoms with Gasteiger partial charge in [-0.1, -0.05) is 38.4 Å². The van der Waals surface area contributed by atoms with Crippen LogP contribution >= 0.6 is 11.6 Å². The van der Waals surface area contributed by atoms with Gasteiger partial charge in [-0.15, -0.1) is 0 Å². The average molecular weight is 384 g/mol. The van der Waals surface area contributed by atoms with Crippen molar-refractivity contribution in [3.05, 3.63) is 29.4 Å².